The number of carboxylic acids is 1. The van der Waals surface area contributed by atoms with E-state index in [9.17, 15) is 102 Å². The highest BCUT2D eigenvalue weighted by Gasteiger charge is 2.38. The highest BCUT2D eigenvalue weighted by atomic mass is 32.2. The number of aliphatic hydroxyl groups excluding tert-OH is 2. The van der Waals surface area contributed by atoms with Gasteiger partial charge < -0.3 is 123 Å². The average molecular weight is 1770 g/mol. The number of aliphatic hydroxyl groups is 2. The lowest BCUT2D eigenvalue weighted by Gasteiger charge is -2.29. The number of ketones is 2. The largest absolute Gasteiger partial charge is 0.481 e. The first-order chi connectivity index (χ1) is 57.3. The number of nitrogens with one attached hydrogen (secondary N) is 17. The molecule has 0 aliphatic carbocycles. The van der Waals surface area contributed by atoms with Crippen LogP contribution in [0.4, 0.5) is 0 Å². The number of rotatable bonds is 27. The van der Waals surface area contributed by atoms with E-state index in [0.29, 0.717) is 12.0 Å². The third-order valence-corrected chi connectivity index (χ3v) is 20.1. The molecule has 0 radical (unpaired) electrons. The first-order valence-electron chi connectivity index (χ1n) is 40.2. The minimum absolute atomic E-state index is 0.00543. The molecule has 0 saturated carbocycles. The number of guanidine groups is 1. The van der Waals surface area contributed by atoms with Crippen LogP contribution in [-0.2, 0) is 92.7 Å². The van der Waals surface area contributed by atoms with E-state index in [1.54, 1.807) is 92.0 Å². The van der Waals surface area contributed by atoms with E-state index in [0.717, 1.165) is 0 Å². The summed E-state index contributed by atoms with van der Waals surface area (Å²) in [6.07, 6.45) is 0.677. The Morgan fingerprint density at radius 1 is 0.463 bits per heavy atom. The Bertz CT molecular complexity index is 3640. The van der Waals surface area contributed by atoms with E-state index < -0.39 is 236 Å². The van der Waals surface area contributed by atoms with Gasteiger partial charge in [-0.3, -0.25) is 91.3 Å². The van der Waals surface area contributed by atoms with Gasteiger partial charge in [-0.2, -0.15) is 37.0 Å². The van der Waals surface area contributed by atoms with Crippen LogP contribution in [0.1, 0.15) is 132 Å². The molecule has 26 N–H and O–H groups in total. The fourth-order valence-electron chi connectivity index (χ4n) is 12.0. The maximum atomic E-state index is 14.6. The Morgan fingerprint density at radius 2 is 0.843 bits per heavy atom. The highest BCUT2D eigenvalue weighted by molar-refractivity contribution is 7.98. The Hall–Kier alpha value is -9.80. The minimum Gasteiger partial charge on any atom is -0.481 e. The number of thiol groups is 2. The zero-order chi connectivity index (χ0) is 91.0. The molecule has 42 nitrogen and oxygen atoms in total. The number of benzene rings is 1. The van der Waals surface area contributed by atoms with Crippen LogP contribution in [0, 0.1) is 23.7 Å². The predicted octanol–water partition coefficient (Wildman–Crippen LogP) is -7.47. The zero-order valence-corrected chi connectivity index (χ0v) is 72.7. The van der Waals surface area contributed by atoms with Gasteiger partial charge in [-0.05, 0) is 106 Å². The van der Waals surface area contributed by atoms with Gasteiger partial charge in [0.25, 0.3) is 0 Å². The molecule has 0 aromatic heterocycles. The molecule has 6 unspecified atom stereocenters. The van der Waals surface area contributed by atoms with Crippen LogP contribution in [-0.4, -0.2) is 295 Å². The lowest BCUT2D eigenvalue weighted by Crippen LogP contribution is -2.61. The van der Waals surface area contributed by atoms with Crippen molar-refractivity contribution in [2.75, 3.05) is 89.1 Å². The minimum atomic E-state index is -1.97. The number of aliphatic carboxylic acids is 1. The van der Waals surface area contributed by atoms with Crippen LogP contribution in [0.5, 0.6) is 0 Å². The number of aliphatic imine (C=N–C) groups is 1. The van der Waals surface area contributed by atoms with Gasteiger partial charge in [-0.15, -0.1) is 0 Å². The molecule has 2 rings (SSSR count). The fourth-order valence-corrected chi connectivity index (χ4v) is 13.0. The van der Waals surface area contributed by atoms with Gasteiger partial charge >= 0.3 is 5.97 Å². The second-order valence-electron chi connectivity index (χ2n) is 30.3. The number of thioether (sulfide) groups is 1. The summed E-state index contributed by atoms with van der Waals surface area (Å²) in [4.78, 5) is 253. The molecule has 1 aliphatic rings. The number of amides is 15. The van der Waals surface area contributed by atoms with Crippen LogP contribution in [0.3, 0.4) is 0 Å². The Morgan fingerprint density at radius 3 is 1.32 bits per heavy atom. The van der Waals surface area contributed by atoms with Crippen LogP contribution in [0.25, 0.3) is 0 Å². The molecule has 14 atom stereocenters. The Labute approximate surface area is 719 Å². The molecule has 121 heavy (non-hydrogen) atoms. The van der Waals surface area contributed by atoms with Crippen molar-refractivity contribution in [1.82, 2.24) is 90.4 Å². The molecule has 45 heteroatoms. The third-order valence-electron chi connectivity index (χ3n) is 18.7. The summed E-state index contributed by atoms with van der Waals surface area (Å²) >= 11 is 9.83. The van der Waals surface area contributed by atoms with Crippen molar-refractivity contribution in [2.24, 2.45) is 45.9 Å². The number of unbranched alkanes of at least 4 members (excludes halogenated alkanes) is 1. The topological polar surface area (TPSA) is 663 Å². The van der Waals surface area contributed by atoms with Gasteiger partial charge in [0.15, 0.2) is 5.96 Å². The van der Waals surface area contributed by atoms with Crippen LogP contribution >= 0.6 is 37.0 Å². The summed E-state index contributed by atoms with van der Waals surface area (Å²) in [5.74, 6) is -20.4. The Kier molecular flexibility index (Phi) is 51.6. The van der Waals surface area contributed by atoms with Gasteiger partial charge in [-0.1, -0.05) is 92.1 Å². The van der Waals surface area contributed by atoms with Crippen molar-refractivity contribution in [3.63, 3.8) is 0 Å². The van der Waals surface area contributed by atoms with Crippen molar-refractivity contribution < 1.29 is 102 Å². The summed E-state index contributed by atoms with van der Waals surface area (Å²) in [5, 5.41) is 73.4. The number of carboxylic acid groups (broad SMARTS) is 1. The van der Waals surface area contributed by atoms with Crippen LogP contribution in [0.15, 0.2) is 35.3 Å². The third kappa shape index (κ3) is 42.0. The van der Waals surface area contributed by atoms with Gasteiger partial charge in [0.1, 0.15) is 66.5 Å². The van der Waals surface area contributed by atoms with E-state index >= 15 is 0 Å². The van der Waals surface area contributed by atoms with Gasteiger partial charge in [0.05, 0.1) is 57.9 Å². The molecule has 0 bridgehead atoms. The lowest BCUT2D eigenvalue weighted by atomic mass is 9.97. The van der Waals surface area contributed by atoms with E-state index in [4.69, 9.17) is 17.2 Å². The number of carbonyl (C=O) groups is 18. The summed E-state index contributed by atoms with van der Waals surface area (Å²) in [5.41, 5.74) is 17.5. The highest BCUT2D eigenvalue weighted by Crippen LogP contribution is 2.15. The standard InChI is InChI=1S/C76H127N21O21S3/c1-10-43(8)62-75(118)86-35-60(103)89-54(37-99)73(116)92-47(21-26-121-9)68(111)96-53(36-98)66(109)85-34-58(101)87-48(27-40(2)3)64(107)83-32-57(100)63(106)55(38-119)80-24-25-81-56(39-120)74(117)94-51(30-44-17-12-11-13-18-44)65(108)84-33-59(102)88-49(28-41(4)5)70(113)90-45(19-14-15-22-77)67(110)93-50(29-42(6)7)71(114)95-52(31-61(104)105)72(115)91-46(69(112)97-62)20-16-23-82-76(78)79/h11-13,17-18,40-43,45-56,62,80-81,98-99,119-120H,10,14-16,19-39,77H2,1-9H3,(H,83,107)(H,84,108)(H,85,109)(H,86,118)(H,87,101)(H,88,102)(H,89,103)(H,90,113)(H,91,115)(H,92,116)(H,93,110)(H,94,117)(H,95,114)(H,96,111)(H,97,112)(H,104,105)(H4,78,79,82)/t43-,45?,46-,47-,48?,49-,50-,51-,52?,53?,54?,55+,56?,62-/m0/s1. The number of carbonyl (C=O) groups excluding carboxylic acids is 17. The van der Waals surface area contributed by atoms with E-state index in [2.05, 4.69) is 121 Å². The molecule has 1 saturated heterocycles. The number of hydrogen-bond acceptors (Lipinski definition) is 27. The summed E-state index contributed by atoms with van der Waals surface area (Å²) in [6, 6.07) is -10.8. The summed E-state index contributed by atoms with van der Waals surface area (Å²) < 4.78 is 0. The summed E-state index contributed by atoms with van der Waals surface area (Å²) in [7, 11) is 0. The smallest absolute Gasteiger partial charge is 0.305 e. The van der Waals surface area contributed by atoms with Crippen LogP contribution in [0.2, 0.25) is 0 Å². The molecule has 1 aliphatic heterocycles. The summed E-state index contributed by atoms with van der Waals surface area (Å²) in [6.45, 7) is 8.13. The normalized spacial score (nSPS) is 24.9. The van der Waals surface area contributed by atoms with E-state index in [1.807, 2.05) is 0 Å². The first-order valence-corrected chi connectivity index (χ1v) is 42.8. The van der Waals surface area contributed by atoms with E-state index in [-0.39, 0.29) is 131 Å². The quantitative estimate of drug-likeness (QED) is 0.0128. The van der Waals surface area contributed by atoms with Crippen molar-refractivity contribution in [2.45, 2.75) is 211 Å². The molecule has 15 amide bonds. The molecule has 680 valence electrons. The Balaban J connectivity index is 2.75. The van der Waals surface area contributed by atoms with Crippen molar-refractivity contribution in [1.29, 1.82) is 0 Å². The predicted molar refractivity (Wildman–Crippen MR) is 455 cm³/mol. The van der Waals surface area contributed by atoms with E-state index in [1.165, 1.54) is 11.8 Å². The molecule has 0 spiro atoms. The monoisotopic (exact) mass is 1770 g/mol. The van der Waals surface area contributed by atoms with Crippen molar-refractivity contribution in [3.05, 3.63) is 35.9 Å². The number of nitrogens with zero attached hydrogens (tertiary/aromatic N) is 1. The SMILES string of the molecule is CC[C@H](C)[C@@H]1NC(=O)[C@H](CCCN=C(N)N)NC(=O)C(CC(=O)O)NC(=O)[C@H](CC(C)C)NC(=O)C(CCCCN)NC(=O)[C@H](CC(C)C)NC(=O)CNC(=O)[C@H](Cc2ccccc2)NC(=O)C(CS)NCCN[C@H](CS)C(=O)C(=O)CNC(=O)C(CC(C)C)NC(=O)CNC(=O)C(CO)NC(=O)[C@H](CCSC)NC(=O)C(CO)NC(=O)CNC1=O. The molecular formula is C76H127N21O21S3. The fraction of sp³-hybridized carbons (Fsp3) is 0.671. The molecule has 1 heterocycles. The first kappa shape index (κ1) is 107. The van der Waals surface area contributed by atoms with Gasteiger partial charge in [-0.25, -0.2) is 0 Å². The maximum Gasteiger partial charge on any atom is 0.305 e. The van der Waals surface area contributed by atoms with Crippen molar-refractivity contribution in [3.8, 4) is 0 Å². The molecule has 1 aromatic rings. The lowest BCUT2D eigenvalue weighted by molar-refractivity contribution is -0.142. The second kappa shape index (κ2) is 58.2. The zero-order valence-electron chi connectivity index (χ0n) is 70.1. The second-order valence-corrected chi connectivity index (χ2v) is 32.0. The number of Topliss-reactive ketones (excluding diaryl/α,β-unsaturated/α-hetero) is 2. The number of hydrogen-bond donors (Lipinski definition) is 25. The van der Waals surface area contributed by atoms with Gasteiger partial charge in [0, 0.05) is 37.6 Å². The molecular weight excluding hydrogens is 1640 g/mol. The van der Waals surface area contributed by atoms with Crippen molar-refractivity contribution >= 4 is 149 Å². The van der Waals surface area contributed by atoms with Crippen LogP contribution < -0.4 is 108 Å². The average Bonchev–Trinajstić information content (AvgIpc) is 0.735. The molecule has 1 fully saturated rings. The number of nitrogens with two attached hydrogens (primary N) is 3. The van der Waals surface area contributed by atoms with Gasteiger partial charge in [0.2, 0.25) is 100 Å². The molecule has 1 aromatic carbocycles. The maximum absolute atomic E-state index is 14.6.